The first kappa shape index (κ1) is 21.7. The zero-order valence-corrected chi connectivity index (χ0v) is 16.0. The smallest absolute Gasteiger partial charge is 0.406 e. The van der Waals surface area contributed by atoms with E-state index in [2.05, 4.69) is 21.9 Å². The van der Waals surface area contributed by atoms with Gasteiger partial charge in [-0.15, -0.1) is 19.8 Å². The van der Waals surface area contributed by atoms with Gasteiger partial charge >= 0.3 is 6.36 Å². The highest BCUT2D eigenvalue weighted by atomic mass is 19.4. The quantitative estimate of drug-likeness (QED) is 0.722. The van der Waals surface area contributed by atoms with Crippen molar-refractivity contribution in [1.82, 2.24) is 10.6 Å². The molecule has 0 saturated carbocycles. The highest BCUT2D eigenvalue weighted by Crippen LogP contribution is 2.27. The minimum Gasteiger partial charge on any atom is -0.406 e. The number of carbonyl (C=O) groups excluding carboxylic acids is 2. The third-order valence-electron chi connectivity index (χ3n) is 3.98. The van der Waals surface area contributed by atoms with Crippen LogP contribution in [-0.2, 0) is 9.59 Å². The predicted molar refractivity (Wildman–Crippen MR) is 98.9 cm³/mol. The van der Waals surface area contributed by atoms with Gasteiger partial charge in [0.05, 0.1) is 6.04 Å². The van der Waals surface area contributed by atoms with Crippen LogP contribution >= 0.6 is 0 Å². The van der Waals surface area contributed by atoms with E-state index in [1.807, 2.05) is 20.8 Å². The number of alkyl halides is 3. The lowest BCUT2D eigenvalue weighted by Gasteiger charge is -2.25. The molecule has 1 heterocycles. The molecule has 1 aliphatic rings. The molecule has 1 aromatic carbocycles. The van der Waals surface area contributed by atoms with Crippen molar-refractivity contribution < 1.29 is 27.5 Å². The van der Waals surface area contributed by atoms with Crippen molar-refractivity contribution in [2.75, 3.05) is 11.4 Å². The third-order valence-corrected chi connectivity index (χ3v) is 3.98. The molecule has 2 atom stereocenters. The number of amides is 2. The van der Waals surface area contributed by atoms with Crippen molar-refractivity contribution in [3.63, 3.8) is 0 Å². The number of anilines is 1. The van der Waals surface area contributed by atoms with Crippen LogP contribution in [0.5, 0.6) is 5.75 Å². The van der Waals surface area contributed by atoms with Crippen LogP contribution in [0, 0.1) is 0 Å². The Morgan fingerprint density at radius 3 is 2.39 bits per heavy atom. The number of benzene rings is 1. The summed E-state index contributed by atoms with van der Waals surface area (Å²) in [5.41, 5.74) is 0.0320. The van der Waals surface area contributed by atoms with Crippen molar-refractivity contribution >= 4 is 17.5 Å². The molecule has 0 bridgehead atoms. The Morgan fingerprint density at radius 1 is 1.29 bits per heavy atom. The van der Waals surface area contributed by atoms with Crippen LogP contribution in [0.2, 0.25) is 0 Å². The lowest BCUT2D eigenvalue weighted by atomic mass is 10.1. The van der Waals surface area contributed by atoms with Crippen LogP contribution in [-0.4, -0.2) is 42.3 Å². The molecule has 1 saturated heterocycles. The maximum absolute atomic E-state index is 12.7. The molecular weight excluding hydrogens is 375 g/mol. The van der Waals surface area contributed by atoms with Crippen LogP contribution in [0.1, 0.15) is 27.2 Å². The van der Waals surface area contributed by atoms with E-state index in [1.165, 1.54) is 23.1 Å². The minimum atomic E-state index is -4.77. The van der Waals surface area contributed by atoms with Crippen molar-refractivity contribution in [3.8, 4) is 5.75 Å². The van der Waals surface area contributed by atoms with Crippen LogP contribution < -0.4 is 20.3 Å². The van der Waals surface area contributed by atoms with Gasteiger partial charge in [0.2, 0.25) is 11.8 Å². The number of nitrogens with zero attached hydrogens (tertiary/aromatic N) is 1. The predicted octanol–water partition coefficient (Wildman–Crippen LogP) is 2.75. The van der Waals surface area contributed by atoms with E-state index < -0.39 is 24.0 Å². The van der Waals surface area contributed by atoms with Gasteiger partial charge in [0, 0.05) is 17.8 Å². The molecule has 2 amide bonds. The minimum absolute atomic E-state index is 0.264. The van der Waals surface area contributed by atoms with Gasteiger partial charge in [0.15, 0.2) is 0 Å². The highest BCUT2D eigenvalue weighted by molar-refractivity contribution is 6.00. The fraction of sp³-hybridized carbons (Fsp3) is 0.474. The van der Waals surface area contributed by atoms with E-state index in [0.717, 1.165) is 12.1 Å². The summed E-state index contributed by atoms with van der Waals surface area (Å²) < 4.78 is 40.6. The summed E-state index contributed by atoms with van der Waals surface area (Å²) in [6.45, 7) is 9.56. The van der Waals surface area contributed by atoms with Gasteiger partial charge < -0.3 is 15.0 Å². The summed E-state index contributed by atoms with van der Waals surface area (Å²) in [5, 5.41) is 5.81. The fourth-order valence-corrected chi connectivity index (χ4v) is 2.83. The number of hydrogen-bond acceptors (Lipinski definition) is 4. The van der Waals surface area contributed by atoms with Crippen molar-refractivity contribution in [3.05, 3.63) is 36.9 Å². The Hall–Kier alpha value is -2.55. The third kappa shape index (κ3) is 5.98. The molecular formula is C19H24F3N3O3. The van der Waals surface area contributed by atoms with Gasteiger partial charge in [-0.2, -0.15) is 0 Å². The van der Waals surface area contributed by atoms with Crippen molar-refractivity contribution in [2.45, 2.75) is 51.2 Å². The number of nitrogens with one attached hydrogen (secondary N) is 2. The number of halogens is 3. The SMILES string of the molecule is C=CC(NC1CCN(c2ccc(OC(F)(F)F)cc2)C1=O)C(=O)NC(C)(C)C. The summed E-state index contributed by atoms with van der Waals surface area (Å²) in [6, 6.07) is 3.74. The molecule has 2 unspecified atom stereocenters. The zero-order chi connectivity index (χ0) is 21.1. The van der Waals surface area contributed by atoms with E-state index in [-0.39, 0.29) is 17.6 Å². The summed E-state index contributed by atoms with van der Waals surface area (Å²) >= 11 is 0. The van der Waals surface area contributed by atoms with E-state index in [4.69, 9.17) is 0 Å². The molecule has 6 nitrogen and oxygen atoms in total. The second-order valence-corrected chi connectivity index (χ2v) is 7.49. The second-order valence-electron chi connectivity index (χ2n) is 7.49. The number of hydrogen-bond donors (Lipinski definition) is 2. The zero-order valence-electron chi connectivity index (χ0n) is 16.0. The van der Waals surface area contributed by atoms with Crippen LogP contribution in [0.15, 0.2) is 36.9 Å². The van der Waals surface area contributed by atoms with E-state index in [9.17, 15) is 22.8 Å². The lowest BCUT2D eigenvalue weighted by molar-refractivity contribution is -0.274. The highest BCUT2D eigenvalue weighted by Gasteiger charge is 2.35. The monoisotopic (exact) mass is 399 g/mol. The molecule has 0 spiro atoms. The molecule has 0 aliphatic carbocycles. The molecule has 1 aliphatic heterocycles. The van der Waals surface area contributed by atoms with E-state index >= 15 is 0 Å². The fourth-order valence-electron chi connectivity index (χ4n) is 2.83. The Kier molecular flexibility index (Phi) is 6.38. The molecule has 28 heavy (non-hydrogen) atoms. The van der Waals surface area contributed by atoms with Gasteiger partial charge in [0.25, 0.3) is 0 Å². The summed E-state index contributed by atoms with van der Waals surface area (Å²) in [6.07, 6.45) is -2.89. The average Bonchev–Trinajstić information content (AvgIpc) is 2.91. The van der Waals surface area contributed by atoms with E-state index in [1.54, 1.807) is 0 Å². The number of rotatable bonds is 6. The van der Waals surface area contributed by atoms with Crippen LogP contribution in [0.4, 0.5) is 18.9 Å². The maximum atomic E-state index is 12.7. The van der Waals surface area contributed by atoms with Crippen LogP contribution in [0.3, 0.4) is 0 Å². The standard InChI is InChI=1S/C19H24F3N3O3/c1-5-14(16(26)24-18(2,3)4)23-15-10-11-25(17(15)27)12-6-8-13(9-7-12)28-19(20,21)22/h5-9,14-15,23H,1,10-11H2,2-4H3,(H,24,26). The van der Waals surface area contributed by atoms with Gasteiger partial charge in [0.1, 0.15) is 11.8 Å². The molecule has 9 heteroatoms. The molecule has 2 rings (SSSR count). The average molecular weight is 399 g/mol. The van der Waals surface area contributed by atoms with Gasteiger partial charge in [-0.3, -0.25) is 14.9 Å². The Labute approximate surface area is 161 Å². The molecule has 0 aromatic heterocycles. The largest absolute Gasteiger partial charge is 0.573 e. The molecule has 1 fully saturated rings. The first-order valence-corrected chi connectivity index (χ1v) is 8.77. The molecule has 154 valence electrons. The Bertz CT molecular complexity index is 727. The summed E-state index contributed by atoms with van der Waals surface area (Å²) in [5.74, 6) is -0.912. The van der Waals surface area contributed by atoms with Gasteiger partial charge in [-0.25, -0.2) is 0 Å². The Morgan fingerprint density at radius 2 is 1.89 bits per heavy atom. The first-order valence-electron chi connectivity index (χ1n) is 8.77. The number of carbonyl (C=O) groups is 2. The van der Waals surface area contributed by atoms with Crippen LogP contribution in [0.25, 0.3) is 0 Å². The maximum Gasteiger partial charge on any atom is 0.573 e. The summed E-state index contributed by atoms with van der Waals surface area (Å²) in [7, 11) is 0. The number of ether oxygens (including phenoxy) is 1. The second kappa shape index (κ2) is 8.22. The molecule has 0 radical (unpaired) electrons. The normalized spacial score (nSPS) is 18.7. The topological polar surface area (TPSA) is 70.7 Å². The summed E-state index contributed by atoms with van der Waals surface area (Å²) in [4.78, 5) is 26.4. The van der Waals surface area contributed by atoms with Gasteiger partial charge in [-0.05, 0) is 51.5 Å². The molecule has 2 N–H and O–H groups in total. The van der Waals surface area contributed by atoms with Crippen molar-refractivity contribution in [1.29, 1.82) is 0 Å². The lowest BCUT2D eigenvalue weighted by Crippen LogP contribution is -2.53. The van der Waals surface area contributed by atoms with Crippen molar-refractivity contribution in [2.24, 2.45) is 0 Å². The molecule has 1 aromatic rings. The van der Waals surface area contributed by atoms with Gasteiger partial charge in [-0.1, -0.05) is 6.08 Å². The Balaban J connectivity index is 2.02. The first-order chi connectivity index (χ1) is 12.9. The van der Waals surface area contributed by atoms with E-state index in [0.29, 0.717) is 18.7 Å².